The van der Waals surface area contributed by atoms with Gasteiger partial charge in [-0.05, 0) is 45.4 Å². The molecular formula is C22H29N7O3. The minimum atomic E-state index is -1.04. The number of nitrogens with zero attached hydrogens (tertiary/aromatic N) is 5. The van der Waals surface area contributed by atoms with Gasteiger partial charge in [0.2, 0.25) is 5.95 Å². The SMILES string of the molecule is Cc1[nH]c2ccc(C(=NN)c3nc(OCC(C)(C)O)nc(N4CCOCC4)n3)cc2c1C. The molecule has 0 unspecified atom stereocenters. The summed E-state index contributed by atoms with van der Waals surface area (Å²) in [5.41, 5.74) is 3.49. The first kappa shape index (κ1) is 22.0. The Labute approximate surface area is 186 Å². The molecule has 0 amide bonds. The second-order valence-corrected chi connectivity index (χ2v) is 8.56. The number of hydrogen-bond acceptors (Lipinski definition) is 9. The zero-order valence-electron chi connectivity index (χ0n) is 18.8. The van der Waals surface area contributed by atoms with Crippen LogP contribution in [0.3, 0.4) is 0 Å². The van der Waals surface area contributed by atoms with Gasteiger partial charge in [0.1, 0.15) is 12.3 Å². The average molecular weight is 440 g/mol. The minimum absolute atomic E-state index is 0.0296. The number of fused-ring (bicyclic) bond motifs is 1. The Morgan fingerprint density at radius 2 is 2.00 bits per heavy atom. The van der Waals surface area contributed by atoms with Crippen LogP contribution < -0.4 is 15.5 Å². The van der Waals surface area contributed by atoms with Crippen molar-refractivity contribution < 1.29 is 14.6 Å². The summed E-state index contributed by atoms with van der Waals surface area (Å²) in [4.78, 5) is 18.9. The number of hydrazone groups is 1. The molecule has 3 heterocycles. The third kappa shape index (κ3) is 4.66. The van der Waals surface area contributed by atoms with Crippen LogP contribution in [-0.4, -0.2) is 69.3 Å². The number of aromatic nitrogens is 4. The molecule has 170 valence electrons. The van der Waals surface area contributed by atoms with E-state index in [1.165, 1.54) is 0 Å². The topological polar surface area (TPSA) is 135 Å². The van der Waals surface area contributed by atoms with E-state index in [1.807, 2.05) is 30.0 Å². The van der Waals surface area contributed by atoms with Gasteiger partial charge >= 0.3 is 6.01 Å². The molecule has 3 aromatic rings. The number of nitrogens with one attached hydrogen (secondary N) is 1. The van der Waals surface area contributed by atoms with Crippen LogP contribution >= 0.6 is 0 Å². The van der Waals surface area contributed by atoms with Gasteiger partial charge in [-0.1, -0.05) is 6.07 Å². The second kappa shape index (κ2) is 8.71. The molecule has 10 heteroatoms. The lowest BCUT2D eigenvalue weighted by Crippen LogP contribution is -2.38. The third-order valence-corrected chi connectivity index (χ3v) is 5.37. The monoisotopic (exact) mass is 439 g/mol. The van der Waals surface area contributed by atoms with Crippen LogP contribution in [0.15, 0.2) is 23.3 Å². The Balaban J connectivity index is 1.76. The highest BCUT2D eigenvalue weighted by molar-refractivity contribution is 6.12. The number of anilines is 1. The van der Waals surface area contributed by atoms with E-state index >= 15 is 0 Å². The van der Waals surface area contributed by atoms with Gasteiger partial charge in [0, 0.05) is 35.2 Å². The number of hydrogen-bond donors (Lipinski definition) is 3. The Morgan fingerprint density at radius 1 is 1.25 bits per heavy atom. The van der Waals surface area contributed by atoms with Gasteiger partial charge in [-0.25, -0.2) is 0 Å². The van der Waals surface area contributed by atoms with Gasteiger partial charge in [0.05, 0.1) is 18.8 Å². The lowest BCUT2D eigenvalue weighted by atomic mass is 10.0. The van der Waals surface area contributed by atoms with E-state index in [4.69, 9.17) is 15.3 Å². The van der Waals surface area contributed by atoms with E-state index < -0.39 is 5.60 Å². The number of H-pyrrole nitrogens is 1. The number of benzene rings is 1. The standard InChI is InChI=1S/C22H29N7O3/c1-13-14(2)24-17-6-5-15(11-16(13)17)18(28-23)19-25-20(29-7-9-31-10-8-29)27-21(26-19)32-12-22(3,4)30/h5-6,11,24,30H,7-10,12,23H2,1-4H3. The molecule has 0 radical (unpaired) electrons. The van der Waals surface area contributed by atoms with E-state index in [2.05, 4.69) is 32.0 Å². The molecular weight excluding hydrogens is 410 g/mol. The molecule has 0 aliphatic carbocycles. The van der Waals surface area contributed by atoms with Crippen molar-refractivity contribution >= 4 is 22.6 Å². The minimum Gasteiger partial charge on any atom is -0.460 e. The van der Waals surface area contributed by atoms with Gasteiger partial charge in [-0.2, -0.15) is 20.1 Å². The molecule has 1 saturated heterocycles. The fourth-order valence-corrected chi connectivity index (χ4v) is 3.53. The normalized spacial score (nSPS) is 15.4. The Morgan fingerprint density at radius 3 is 2.69 bits per heavy atom. The van der Waals surface area contributed by atoms with Crippen molar-refractivity contribution in [2.45, 2.75) is 33.3 Å². The fourth-order valence-electron chi connectivity index (χ4n) is 3.53. The molecule has 32 heavy (non-hydrogen) atoms. The largest absolute Gasteiger partial charge is 0.460 e. The van der Waals surface area contributed by atoms with Gasteiger partial charge in [-0.15, -0.1) is 0 Å². The lowest BCUT2D eigenvalue weighted by molar-refractivity contribution is 0.0249. The summed E-state index contributed by atoms with van der Waals surface area (Å²) < 4.78 is 11.1. The van der Waals surface area contributed by atoms with Crippen LogP contribution in [0.25, 0.3) is 10.9 Å². The Kier molecular flexibility index (Phi) is 5.98. The molecule has 1 aliphatic rings. The summed E-state index contributed by atoms with van der Waals surface area (Å²) in [6.45, 7) is 9.92. The average Bonchev–Trinajstić information content (AvgIpc) is 3.06. The summed E-state index contributed by atoms with van der Waals surface area (Å²) in [5, 5.41) is 15.2. The molecule has 1 aromatic carbocycles. The van der Waals surface area contributed by atoms with E-state index in [0.29, 0.717) is 43.8 Å². The summed E-state index contributed by atoms with van der Waals surface area (Å²) in [6, 6.07) is 6.05. The Bertz CT molecular complexity index is 1140. The highest BCUT2D eigenvalue weighted by Crippen LogP contribution is 2.24. The molecule has 0 atom stereocenters. The number of nitrogens with two attached hydrogens (primary N) is 1. The van der Waals surface area contributed by atoms with E-state index in [0.717, 1.165) is 27.7 Å². The quantitative estimate of drug-likeness (QED) is 0.300. The van der Waals surface area contributed by atoms with Crippen LogP contribution in [0.1, 0.15) is 36.5 Å². The van der Waals surface area contributed by atoms with Gasteiger partial charge in [0.25, 0.3) is 0 Å². The number of rotatable bonds is 6. The molecule has 4 rings (SSSR count). The van der Waals surface area contributed by atoms with Gasteiger partial charge < -0.3 is 30.3 Å². The van der Waals surface area contributed by atoms with Crippen LogP contribution in [0, 0.1) is 13.8 Å². The predicted octanol–water partition coefficient (Wildman–Crippen LogP) is 1.67. The zero-order valence-corrected chi connectivity index (χ0v) is 18.8. The van der Waals surface area contributed by atoms with E-state index in [-0.39, 0.29) is 12.6 Å². The maximum Gasteiger partial charge on any atom is 0.321 e. The second-order valence-electron chi connectivity index (χ2n) is 8.56. The lowest BCUT2D eigenvalue weighted by Gasteiger charge is -2.27. The number of aryl methyl sites for hydroxylation is 2. The van der Waals surface area contributed by atoms with Crippen molar-refractivity contribution in [3.8, 4) is 6.01 Å². The van der Waals surface area contributed by atoms with Crippen LogP contribution in [-0.2, 0) is 4.74 Å². The molecule has 2 aromatic heterocycles. The highest BCUT2D eigenvalue weighted by Gasteiger charge is 2.22. The van der Waals surface area contributed by atoms with E-state index in [9.17, 15) is 5.11 Å². The van der Waals surface area contributed by atoms with E-state index in [1.54, 1.807) is 13.8 Å². The fraction of sp³-hybridized carbons (Fsp3) is 0.455. The van der Waals surface area contributed by atoms with Crippen molar-refractivity contribution in [3.05, 3.63) is 40.8 Å². The Hall–Kier alpha value is -3.24. The molecule has 0 bridgehead atoms. The number of aliphatic hydroxyl groups is 1. The number of morpholine rings is 1. The molecule has 1 fully saturated rings. The van der Waals surface area contributed by atoms with Crippen LogP contribution in [0.4, 0.5) is 5.95 Å². The summed E-state index contributed by atoms with van der Waals surface area (Å²) in [5.74, 6) is 6.57. The molecule has 0 saturated carbocycles. The van der Waals surface area contributed by atoms with Crippen molar-refractivity contribution in [2.24, 2.45) is 10.9 Å². The highest BCUT2D eigenvalue weighted by atomic mass is 16.5. The maximum absolute atomic E-state index is 10.1. The summed E-state index contributed by atoms with van der Waals surface area (Å²) >= 11 is 0. The van der Waals surface area contributed by atoms with Gasteiger partial charge in [-0.3, -0.25) is 0 Å². The van der Waals surface area contributed by atoms with Crippen molar-refractivity contribution in [3.63, 3.8) is 0 Å². The molecule has 4 N–H and O–H groups in total. The first-order valence-corrected chi connectivity index (χ1v) is 10.6. The number of ether oxygens (including phenoxy) is 2. The first-order valence-electron chi connectivity index (χ1n) is 10.6. The first-order chi connectivity index (χ1) is 15.2. The molecule has 0 spiro atoms. The summed E-state index contributed by atoms with van der Waals surface area (Å²) in [7, 11) is 0. The van der Waals surface area contributed by atoms with Crippen LogP contribution in [0.5, 0.6) is 6.01 Å². The smallest absolute Gasteiger partial charge is 0.321 e. The van der Waals surface area contributed by atoms with Crippen molar-refractivity contribution in [1.29, 1.82) is 0 Å². The maximum atomic E-state index is 10.1. The van der Waals surface area contributed by atoms with Crippen molar-refractivity contribution in [1.82, 2.24) is 19.9 Å². The van der Waals surface area contributed by atoms with Crippen LogP contribution in [0.2, 0.25) is 0 Å². The third-order valence-electron chi connectivity index (χ3n) is 5.37. The number of aromatic amines is 1. The predicted molar refractivity (Wildman–Crippen MR) is 122 cm³/mol. The molecule has 1 aliphatic heterocycles. The van der Waals surface area contributed by atoms with Gasteiger partial charge in [0.15, 0.2) is 5.82 Å². The van der Waals surface area contributed by atoms with Crippen molar-refractivity contribution in [2.75, 3.05) is 37.8 Å². The zero-order chi connectivity index (χ0) is 22.9. The molecule has 10 nitrogen and oxygen atoms in total. The summed E-state index contributed by atoms with van der Waals surface area (Å²) in [6.07, 6.45) is 0.